The number of aliphatic hydroxyl groups excluding tert-OH is 1. The highest BCUT2D eigenvalue weighted by Crippen LogP contribution is 2.41. The Morgan fingerprint density at radius 1 is 1.18 bits per heavy atom. The first-order chi connectivity index (χ1) is 16.3. The minimum atomic E-state index is -0.742. The second kappa shape index (κ2) is 9.68. The lowest BCUT2D eigenvalue weighted by molar-refractivity contribution is 0.0691. The lowest BCUT2D eigenvalue weighted by Gasteiger charge is -2.25. The van der Waals surface area contributed by atoms with Crippen LogP contribution in [0.1, 0.15) is 53.6 Å². The third-order valence-electron chi connectivity index (χ3n) is 6.04. The second-order valence-electron chi connectivity index (χ2n) is 8.84. The molecule has 0 aliphatic carbocycles. The highest BCUT2D eigenvalue weighted by Gasteiger charge is 2.42. The molecule has 7 nitrogen and oxygen atoms in total. The summed E-state index contributed by atoms with van der Waals surface area (Å²) in [6.45, 7) is 6.37. The van der Waals surface area contributed by atoms with Gasteiger partial charge in [-0.3, -0.25) is 9.59 Å². The summed E-state index contributed by atoms with van der Waals surface area (Å²) in [6, 6.07) is 7.82. The Labute approximate surface area is 202 Å². The second-order valence-corrected chi connectivity index (χ2v) is 9.24. The maximum absolute atomic E-state index is 13.6. The van der Waals surface area contributed by atoms with Crippen molar-refractivity contribution in [3.05, 3.63) is 68.0 Å². The monoisotopic (exact) mass is 485 g/mol. The van der Waals surface area contributed by atoms with Crippen LogP contribution in [0.3, 0.4) is 0 Å². The van der Waals surface area contributed by atoms with Crippen molar-refractivity contribution >= 4 is 28.5 Å². The lowest BCUT2D eigenvalue weighted by atomic mass is 9.98. The number of benzene rings is 2. The molecule has 180 valence electrons. The predicted octanol–water partition coefficient (Wildman–Crippen LogP) is 4.73. The smallest absolute Gasteiger partial charge is 0.290 e. The molecule has 2 aromatic carbocycles. The van der Waals surface area contributed by atoms with Gasteiger partial charge in [-0.2, -0.15) is 0 Å². The van der Waals surface area contributed by atoms with E-state index >= 15 is 0 Å². The normalized spacial score (nSPS) is 15.3. The summed E-state index contributed by atoms with van der Waals surface area (Å²) in [5.74, 6) is 1.11. The first kappa shape index (κ1) is 24.1. The molecular formula is C26H28ClNO6. The summed E-state index contributed by atoms with van der Waals surface area (Å²) in [6.07, 6.45) is 0.899. The van der Waals surface area contributed by atoms with Crippen LogP contribution in [-0.4, -0.2) is 42.8 Å². The zero-order chi connectivity index (χ0) is 24.6. The van der Waals surface area contributed by atoms with E-state index in [2.05, 4.69) is 13.8 Å². The number of halogens is 1. The van der Waals surface area contributed by atoms with Crippen LogP contribution in [-0.2, 0) is 0 Å². The van der Waals surface area contributed by atoms with E-state index < -0.39 is 11.9 Å². The van der Waals surface area contributed by atoms with Crippen molar-refractivity contribution < 1.29 is 23.8 Å². The molecule has 0 bridgehead atoms. The molecule has 0 saturated carbocycles. The van der Waals surface area contributed by atoms with Crippen molar-refractivity contribution in [2.75, 3.05) is 26.9 Å². The zero-order valence-corrected chi connectivity index (χ0v) is 20.4. The van der Waals surface area contributed by atoms with Gasteiger partial charge in [-0.05, 0) is 54.7 Å². The predicted molar refractivity (Wildman–Crippen MR) is 130 cm³/mol. The lowest BCUT2D eigenvalue weighted by Crippen LogP contribution is -2.32. The Morgan fingerprint density at radius 3 is 2.62 bits per heavy atom. The Kier molecular flexibility index (Phi) is 6.86. The zero-order valence-electron chi connectivity index (χ0n) is 19.7. The largest absolute Gasteiger partial charge is 0.493 e. The van der Waals surface area contributed by atoms with Crippen LogP contribution in [0, 0.1) is 12.8 Å². The van der Waals surface area contributed by atoms with Crippen molar-refractivity contribution in [2.45, 2.75) is 33.2 Å². The number of amides is 1. The summed E-state index contributed by atoms with van der Waals surface area (Å²) in [4.78, 5) is 28.3. The molecule has 0 fully saturated rings. The van der Waals surface area contributed by atoms with Crippen LogP contribution in [0.5, 0.6) is 11.5 Å². The third kappa shape index (κ3) is 4.26. The SMILES string of the molecule is COc1cc([C@@H]2c3c(oc4cc(C)c(Cl)cc4c3=O)C(=O)N2CCO)ccc1OCCC(C)C. The molecule has 1 N–H and O–H groups in total. The molecule has 1 aliphatic rings. The van der Waals surface area contributed by atoms with E-state index in [0.717, 1.165) is 12.0 Å². The molecule has 0 spiro atoms. The number of ether oxygens (including phenoxy) is 2. The molecular weight excluding hydrogens is 458 g/mol. The number of aliphatic hydroxyl groups is 1. The molecule has 0 saturated heterocycles. The van der Waals surface area contributed by atoms with Crippen molar-refractivity contribution in [1.29, 1.82) is 0 Å². The number of fused-ring (bicyclic) bond motifs is 2. The van der Waals surface area contributed by atoms with Gasteiger partial charge >= 0.3 is 0 Å². The van der Waals surface area contributed by atoms with Crippen LogP contribution < -0.4 is 14.9 Å². The van der Waals surface area contributed by atoms with Gasteiger partial charge in [0.1, 0.15) is 5.58 Å². The number of carbonyl (C=O) groups excluding carboxylic acids is 1. The van der Waals surface area contributed by atoms with Crippen molar-refractivity contribution in [1.82, 2.24) is 4.90 Å². The van der Waals surface area contributed by atoms with Crippen molar-refractivity contribution in [2.24, 2.45) is 5.92 Å². The highest BCUT2D eigenvalue weighted by atomic mass is 35.5. The molecule has 1 atom stereocenters. The van der Waals surface area contributed by atoms with Gasteiger partial charge in [0, 0.05) is 11.6 Å². The summed E-state index contributed by atoms with van der Waals surface area (Å²) >= 11 is 6.27. The maximum Gasteiger partial charge on any atom is 0.290 e. The molecule has 1 aromatic heterocycles. The topological polar surface area (TPSA) is 89.2 Å². The van der Waals surface area contributed by atoms with Crippen LogP contribution >= 0.6 is 11.6 Å². The average Bonchev–Trinajstić information content (AvgIpc) is 3.07. The van der Waals surface area contributed by atoms with Gasteiger partial charge in [0.05, 0.1) is 37.3 Å². The molecule has 4 rings (SSSR count). The molecule has 1 aliphatic heterocycles. The number of hydrogen-bond donors (Lipinski definition) is 1. The number of nitrogens with zero attached hydrogens (tertiary/aromatic N) is 1. The number of hydrogen-bond acceptors (Lipinski definition) is 6. The minimum absolute atomic E-state index is 0.0195. The molecule has 2 heterocycles. The van der Waals surface area contributed by atoms with Gasteiger partial charge < -0.3 is 23.9 Å². The van der Waals surface area contributed by atoms with E-state index in [1.54, 1.807) is 44.4 Å². The molecule has 3 aromatic rings. The van der Waals surface area contributed by atoms with E-state index in [1.807, 2.05) is 0 Å². The number of carbonyl (C=O) groups is 1. The van der Waals surface area contributed by atoms with Crippen molar-refractivity contribution in [3.63, 3.8) is 0 Å². The Bertz CT molecular complexity index is 1300. The Hall–Kier alpha value is -3.03. The standard InChI is InChI=1S/C26H28ClNO6/c1-14(2)7-10-33-19-6-5-16(12-21(19)32-4)23-22-24(30)17-13-18(27)15(3)11-20(17)34-25(22)26(31)28(23)8-9-29/h5-6,11-14,23,29H,7-10H2,1-4H3/t23-/m1/s1. The quantitative estimate of drug-likeness (QED) is 0.496. The first-order valence-electron chi connectivity index (χ1n) is 11.3. The van der Waals surface area contributed by atoms with E-state index in [0.29, 0.717) is 45.6 Å². The average molecular weight is 486 g/mol. The van der Waals surface area contributed by atoms with Gasteiger partial charge in [-0.15, -0.1) is 0 Å². The van der Waals surface area contributed by atoms with Gasteiger partial charge in [-0.1, -0.05) is 31.5 Å². The summed E-state index contributed by atoms with van der Waals surface area (Å²) < 4.78 is 17.4. The van der Waals surface area contributed by atoms with E-state index in [9.17, 15) is 14.7 Å². The fraction of sp³-hybridized carbons (Fsp3) is 0.385. The van der Waals surface area contributed by atoms with Crippen LogP contribution in [0.25, 0.3) is 11.0 Å². The molecule has 34 heavy (non-hydrogen) atoms. The molecule has 0 radical (unpaired) electrons. The number of aryl methyl sites for hydroxylation is 1. The molecule has 0 unspecified atom stereocenters. The van der Waals surface area contributed by atoms with Gasteiger partial charge in [0.25, 0.3) is 5.91 Å². The number of β-amino-alcohol motifs (C(OH)–C–C–N with tert-alkyl or cyclic N) is 1. The Morgan fingerprint density at radius 2 is 1.94 bits per heavy atom. The third-order valence-corrected chi connectivity index (χ3v) is 6.45. The van der Waals surface area contributed by atoms with Crippen LogP contribution in [0.2, 0.25) is 5.02 Å². The van der Waals surface area contributed by atoms with Gasteiger partial charge in [0.15, 0.2) is 16.9 Å². The highest BCUT2D eigenvalue weighted by molar-refractivity contribution is 6.32. The first-order valence-corrected chi connectivity index (χ1v) is 11.6. The summed E-state index contributed by atoms with van der Waals surface area (Å²) in [5, 5.41) is 10.4. The summed E-state index contributed by atoms with van der Waals surface area (Å²) in [5.41, 5.74) is 1.59. The number of methoxy groups -OCH3 is 1. The molecule has 1 amide bonds. The van der Waals surface area contributed by atoms with Crippen molar-refractivity contribution in [3.8, 4) is 11.5 Å². The van der Waals surface area contributed by atoms with Crippen LogP contribution in [0.4, 0.5) is 0 Å². The van der Waals surface area contributed by atoms with Gasteiger partial charge in [-0.25, -0.2) is 0 Å². The summed E-state index contributed by atoms with van der Waals surface area (Å²) in [7, 11) is 1.54. The molecule has 8 heteroatoms. The van der Waals surface area contributed by atoms with E-state index in [-0.39, 0.29) is 29.9 Å². The fourth-order valence-corrected chi connectivity index (χ4v) is 4.37. The van der Waals surface area contributed by atoms with Crippen LogP contribution in [0.15, 0.2) is 39.5 Å². The fourth-order valence-electron chi connectivity index (χ4n) is 4.20. The maximum atomic E-state index is 13.6. The van der Waals surface area contributed by atoms with Gasteiger partial charge in [0.2, 0.25) is 5.76 Å². The van der Waals surface area contributed by atoms with E-state index in [4.69, 9.17) is 25.5 Å². The minimum Gasteiger partial charge on any atom is -0.493 e. The Balaban J connectivity index is 1.84. The van der Waals surface area contributed by atoms with E-state index in [1.165, 1.54) is 4.90 Å². The number of rotatable bonds is 8.